The lowest BCUT2D eigenvalue weighted by Gasteiger charge is -2.35. The van der Waals surface area contributed by atoms with E-state index in [1.165, 1.54) is 0 Å². The van der Waals surface area contributed by atoms with Crippen molar-refractivity contribution in [2.75, 3.05) is 19.6 Å². The average Bonchev–Trinajstić information content (AvgIpc) is 2.95. The van der Waals surface area contributed by atoms with E-state index in [2.05, 4.69) is 10.2 Å². The number of carbonyl (C=O) groups is 1. The molecule has 1 N–H and O–H groups in total. The quantitative estimate of drug-likeness (QED) is 0.869. The van der Waals surface area contributed by atoms with Crippen molar-refractivity contribution in [2.45, 2.75) is 37.8 Å². The molecule has 0 aromatic heterocycles. The summed E-state index contributed by atoms with van der Waals surface area (Å²) in [6.07, 6.45) is 3.81. The van der Waals surface area contributed by atoms with Gasteiger partial charge in [0, 0.05) is 17.7 Å². The predicted molar refractivity (Wildman–Crippen MR) is 76.3 cm³/mol. The Morgan fingerprint density at radius 1 is 1.10 bits per heavy atom. The van der Waals surface area contributed by atoms with E-state index in [1.807, 2.05) is 0 Å². The summed E-state index contributed by atoms with van der Waals surface area (Å²) in [7, 11) is 0. The largest absolute Gasteiger partial charge is 0.317 e. The van der Waals surface area contributed by atoms with E-state index in [4.69, 9.17) is 0 Å². The van der Waals surface area contributed by atoms with Crippen LogP contribution in [0.5, 0.6) is 0 Å². The number of carbonyl (C=O) groups excluding carboxylic acids is 1. The summed E-state index contributed by atoms with van der Waals surface area (Å²) in [5, 5.41) is 3.32. The van der Waals surface area contributed by atoms with E-state index < -0.39 is 11.6 Å². The number of likely N-dealkylation sites (tertiary alicyclic amines) is 1. The molecule has 1 atom stereocenters. The van der Waals surface area contributed by atoms with Crippen LogP contribution < -0.4 is 5.32 Å². The minimum absolute atomic E-state index is 0.149. The van der Waals surface area contributed by atoms with Gasteiger partial charge in [0.05, 0.1) is 6.04 Å². The van der Waals surface area contributed by atoms with E-state index >= 15 is 0 Å². The maximum absolute atomic E-state index is 13.3. The SMILES string of the molecule is O=C(c1cc(F)cc(F)c1)C1CCCN1C1CCNCC1. The molecule has 1 unspecified atom stereocenters. The highest BCUT2D eigenvalue weighted by Crippen LogP contribution is 2.27. The molecule has 1 aromatic rings. The Morgan fingerprint density at radius 2 is 1.76 bits per heavy atom. The van der Waals surface area contributed by atoms with Gasteiger partial charge in [-0.15, -0.1) is 0 Å². The van der Waals surface area contributed by atoms with E-state index in [-0.39, 0.29) is 17.4 Å². The Morgan fingerprint density at radius 3 is 2.43 bits per heavy atom. The summed E-state index contributed by atoms with van der Waals surface area (Å²) in [5.74, 6) is -1.53. The smallest absolute Gasteiger partial charge is 0.180 e. The Kier molecular flexibility index (Phi) is 4.31. The normalized spacial score (nSPS) is 24.4. The Labute approximate surface area is 123 Å². The van der Waals surface area contributed by atoms with E-state index in [0.29, 0.717) is 6.04 Å². The minimum atomic E-state index is -0.690. The summed E-state index contributed by atoms with van der Waals surface area (Å²) in [5.41, 5.74) is 0.151. The van der Waals surface area contributed by atoms with Crippen LogP contribution in [0, 0.1) is 11.6 Å². The number of rotatable bonds is 3. The molecule has 2 aliphatic rings. The predicted octanol–water partition coefficient (Wildman–Crippen LogP) is 2.36. The number of hydrogen-bond acceptors (Lipinski definition) is 3. The van der Waals surface area contributed by atoms with Crippen LogP contribution in [0.1, 0.15) is 36.0 Å². The van der Waals surface area contributed by atoms with Gasteiger partial charge in [-0.1, -0.05) is 0 Å². The Hall–Kier alpha value is -1.33. The monoisotopic (exact) mass is 294 g/mol. The van der Waals surface area contributed by atoms with Crippen molar-refractivity contribution in [2.24, 2.45) is 0 Å². The van der Waals surface area contributed by atoms with Crippen LogP contribution in [0.15, 0.2) is 18.2 Å². The molecular formula is C16H20F2N2O. The van der Waals surface area contributed by atoms with Gasteiger partial charge in [0.2, 0.25) is 0 Å². The van der Waals surface area contributed by atoms with Gasteiger partial charge in [-0.3, -0.25) is 9.69 Å². The van der Waals surface area contributed by atoms with Crippen molar-refractivity contribution in [3.05, 3.63) is 35.4 Å². The molecule has 0 spiro atoms. The zero-order chi connectivity index (χ0) is 14.8. The van der Waals surface area contributed by atoms with Gasteiger partial charge in [-0.05, 0) is 57.5 Å². The second-order valence-corrected chi connectivity index (χ2v) is 5.90. The highest BCUT2D eigenvalue weighted by molar-refractivity contribution is 6.00. The summed E-state index contributed by atoms with van der Waals surface area (Å²) in [4.78, 5) is 14.9. The first-order valence-corrected chi connectivity index (χ1v) is 7.62. The van der Waals surface area contributed by atoms with Gasteiger partial charge in [0.1, 0.15) is 11.6 Å². The third-order valence-electron chi connectivity index (χ3n) is 4.52. The van der Waals surface area contributed by atoms with Gasteiger partial charge in [0.15, 0.2) is 5.78 Å². The van der Waals surface area contributed by atoms with Crippen LogP contribution in [0.2, 0.25) is 0 Å². The Bertz CT molecular complexity index is 509. The van der Waals surface area contributed by atoms with E-state index in [9.17, 15) is 13.6 Å². The first kappa shape index (κ1) is 14.6. The highest BCUT2D eigenvalue weighted by atomic mass is 19.1. The summed E-state index contributed by atoms with van der Waals surface area (Å²) in [6.45, 7) is 2.84. The molecule has 114 valence electrons. The van der Waals surface area contributed by atoms with Crippen LogP contribution in [-0.2, 0) is 0 Å². The number of nitrogens with one attached hydrogen (secondary N) is 1. The summed E-state index contributed by atoms with van der Waals surface area (Å²) >= 11 is 0. The second kappa shape index (κ2) is 6.20. The molecule has 5 heteroatoms. The molecule has 2 heterocycles. The fourth-order valence-electron chi connectivity index (χ4n) is 3.53. The average molecular weight is 294 g/mol. The summed E-state index contributed by atoms with van der Waals surface area (Å²) < 4.78 is 26.6. The third-order valence-corrected chi connectivity index (χ3v) is 4.52. The molecule has 0 saturated carbocycles. The Balaban J connectivity index is 1.79. The van der Waals surface area contributed by atoms with Crippen molar-refractivity contribution in [3.8, 4) is 0 Å². The molecule has 0 radical (unpaired) electrons. The van der Waals surface area contributed by atoms with Gasteiger partial charge in [0.25, 0.3) is 0 Å². The zero-order valence-corrected chi connectivity index (χ0v) is 11.9. The van der Waals surface area contributed by atoms with Gasteiger partial charge in [-0.2, -0.15) is 0 Å². The minimum Gasteiger partial charge on any atom is -0.317 e. The van der Waals surface area contributed by atoms with Crippen LogP contribution in [-0.4, -0.2) is 42.4 Å². The van der Waals surface area contributed by atoms with Crippen molar-refractivity contribution in [3.63, 3.8) is 0 Å². The van der Waals surface area contributed by atoms with E-state index in [1.54, 1.807) is 0 Å². The first-order chi connectivity index (χ1) is 10.1. The molecule has 2 fully saturated rings. The molecule has 21 heavy (non-hydrogen) atoms. The molecule has 0 amide bonds. The van der Waals surface area contributed by atoms with E-state index in [0.717, 1.165) is 63.5 Å². The van der Waals surface area contributed by atoms with Crippen LogP contribution in [0.4, 0.5) is 8.78 Å². The van der Waals surface area contributed by atoms with Crippen molar-refractivity contribution in [1.82, 2.24) is 10.2 Å². The molecule has 2 aliphatic heterocycles. The first-order valence-electron chi connectivity index (χ1n) is 7.62. The summed E-state index contributed by atoms with van der Waals surface area (Å²) in [6, 6.07) is 3.26. The standard InChI is InChI=1S/C16H20F2N2O/c17-12-8-11(9-13(18)10-12)16(21)15-2-1-7-20(15)14-3-5-19-6-4-14/h8-10,14-15,19H,1-7H2. The molecule has 3 nitrogen and oxygen atoms in total. The van der Waals surface area contributed by atoms with Crippen molar-refractivity contribution < 1.29 is 13.6 Å². The molecule has 2 saturated heterocycles. The second-order valence-electron chi connectivity index (χ2n) is 5.90. The van der Waals surface area contributed by atoms with Crippen molar-refractivity contribution in [1.29, 1.82) is 0 Å². The van der Waals surface area contributed by atoms with Gasteiger partial charge >= 0.3 is 0 Å². The lowest BCUT2D eigenvalue weighted by atomic mass is 9.98. The zero-order valence-electron chi connectivity index (χ0n) is 11.9. The number of ketones is 1. The van der Waals surface area contributed by atoms with Gasteiger partial charge in [-0.25, -0.2) is 8.78 Å². The molecule has 3 rings (SSSR count). The lowest BCUT2D eigenvalue weighted by Crippen LogP contribution is -2.47. The number of hydrogen-bond donors (Lipinski definition) is 1. The van der Waals surface area contributed by atoms with Gasteiger partial charge < -0.3 is 5.32 Å². The maximum atomic E-state index is 13.3. The van der Waals surface area contributed by atoms with Crippen LogP contribution in [0.3, 0.4) is 0 Å². The molecule has 1 aromatic carbocycles. The molecule has 0 aliphatic carbocycles. The highest BCUT2D eigenvalue weighted by Gasteiger charge is 2.36. The van der Waals surface area contributed by atoms with Crippen LogP contribution >= 0.6 is 0 Å². The lowest BCUT2D eigenvalue weighted by molar-refractivity contribution is 0.0783. The molecular weight excluding hydrogens is 274 g/mol. The fraction of sp³-hybridized carbons (Fsp3) is 0.562. The topological polar surface area (TPSA) is 32.3 Å². The fourth-order valence-corrected chi connectivity index (χ4v) is 3.53. The van der Waals surface area contributed by atoms with Crippen molar-refractivity contribution >= 4 is 5.78 Å². The van der Waals surface area contributed by atoms with Crippen LogP contribution in [0.25, 0.3) is 0 Å². The molecule has 0 bridgehead atoms. The number of nitrogens with zero attached hydrogens (tertiary/aromatic N) is 1. The number of benzene rings is 1. The third kappa shape index (κ3) is 3.14. The number of Topliss-reactive ketones (excluding diaryl/α,β-unsaturated/α-hetero) is 1. The maximum Gasteiger partial charge on any atom is 0.180 e. The number of piperidine rings is 1. The number of halogens is 2.